The van der Waals surface area contributed by atoms with Gasteiger partial charge >= 0.3 is 5.97 Å². The molecule has 0 aliphatic heterocycles. The third-order valence-electron chi connectivity index (χ3n) is 4.09. The van der Waals surface area contributed by atoms with Crippen molar-refractivity contribution in [2.75, 3.05) is 6.61 Å². The van der Waals surface area contributed by atoms with Crippen molar-refractivity contribution >= 4 is 34.2 Å². The smallest absolute Gasteiger partial charge is 0.305 e. The van der Waals surface area contributed by atoms with Gasteiger partial charge in [-0.2, -0.15) is 0 Å². The predicted molar refractivity (Wildman–Crippen MR) is 104 cm³/mol. The van der Waals surface area contributed by atoms with Crippen LogP contribution in [0.5, 0.6) is 5.75 Å². The molecule has 0 saturated carbocycles. The van der Waals surface area contributed by atoms with E-state index in [9.17, 15) is 9.59 Å². The van der Waals surface area contributed by atoms with Gasteiger partial charge in [-0.15, -0.1) is 0 Å². The number of rotatable bonds is 7. The van der Waals surface area contributed by atoms with Crippen molar-refractivity contribution in [3.63, 3.8) is 0 Å². The van der Waals surface area contributed by atoms with Gasteiger partial charge in [0.2, 0.25) is 0 Å². The molecule has 1 amide bonds. The molecule has 3 aromatic carbocycles. The normalized spacial score (nSPS) is 11.7. The van der Waals surface area contributed by atoms with E-state index in [4.69, 9.17) is 21.4 Å². The summed E-state index contributed by atoms with van der Waals surface area (Å²) in [5.74, 6) is -0.807. The molecule has 2 N–H and O–H groups in total. The van der Waals surface area contributed by atoms with Gasteiger partial charge in [0.05, 0.1) is 12.5 Å². The summed E-state index contributed by atoms with van der Waals surface area (Å²) in [6.07, 6.45) is -0.234. The summed E-state index contributed by atoms with van der Waals surface area (Å²) >= 11 is 5.87. The molecule has 0 bridgehead atoms. The monoisotopic (exact) mass is 383 g/mol. The summed E-state index contributed by atoms with van der Waals surface area (Å²) in [6, 6.07) is 19.4. The molecule has 0 aliphatic rings. The van der Waals surface area contributed by atoms with E-state index in [1.54, 1.807) is 30.3 Å². The number of aliphatic carboxylic acids is 1. The maximum atomic E-state index is 12.3. The molecule has 0 heterocycles. The van der Waals surface area contributed by atoms with E-state index >= 15 is 0 Å². The Morgan fingerprint density at radius 2 is 1.70 bits per heavy atom. The third kappa shape index (κ3) is 4.99. The van der Waals surface area contributed by atoms with Crippen LogP contribution in [0.1, 0.15) is 18.0 Å². The average Bonchev–Trinajstić information content (AvgIpc) is 2.66. The van der Waals surface area contributed by atoms with Crippen molar-refractivity contribution in [1.29, 1.82) is 0 Å². The highest BCUT2D eigenvalue weighted by molar-refractivity contribution is 6.30. The Balaban J connectivity index is 1.68. The minimum atomic E-state index is -1.01. The van der Waals surface area contributed by atoms with E-state index in [1.807, 2.05) is 36.4 Å². The fourth-order valence-corrected chi connectivity index (χ4v) is 2.95. The summed E-state index contributed by atoms with van der Waals surface area (Å²) < 4.78 is 5.66. The molecular formula is C21H18ClNO4. The van der Waals surface area contributed by atoms with Crippen LogP contribution in [0.4, 0.5) is 0 Å². The number of halogens is 1. The van der Waals surface area contributed by atoms with Gasteiger partial charge in [-0.3, -0.25) is 9.59 Å². The fraction of sp³-hybridized carbons (Fsp3) is 0.143. The van der Waals surface area contributed by atoms with Gasteiger partial charge in [-0.1, -0.05) is 60.1 Å². The second-order valence-corrected chi connectivity index (χ2v) is 6.47. The zero-order valence-corrected chi connectivity index (χ0v) is 15.1. The molecule has 0 aromatic heterocycles. The molecule has 5 nitrogen and oxygen atoms in total. The molecule has 0 spiro atoms. The number of amides is 1. The molecule has 3 rings (SSSR count). The number of carbonyl (C=O) groups excluding carboxylic acids is 1. The van der Waals surface area contributed by atoms with E-state index in [-0.39, 0.29) is 13.0 Å². The van der Waals surface area contributed by atoms with Gasteiger partial charge in [0.15, 0.2) is 6.61 Å². The van der Waals surface area contributed by atoms with Gasteiger partial charge in [-0.25, -0.2) is 0 Å². The zero-order valence-electron chi connectivity index (χ0n) is 14.4. The third-order valence-corrected chi connectivity index (χ3v) is 4.35. The van der Waals surface area contributed by atoms with Crippen molar-refractivity contribution in [3.05, 3.63) is 77.3 Å². The molecular weight excluding hydrogens is 366 g/mol. The lowest BCUT2D eigenvalue weighted by Gasteiger charge is -2.18. The number of hydrogen-bond donors (Lipinski definition) is 2. The highest BCUT2D eigenvalue weighted by Crippen LogP contribution is 2.25. The molecule has 27 heavy (non-hydrogen) atoms. The van der Waals surface area contributed by atoms with Gasteiger partial charge < -0.3 is 15.2 Å². The van der Waals surface area contributed by atoms with Crippen LogP contribution in [0.2, 0.25) is 5.02 Å². The largest absolute Gasteiger partial charge is 0.483 e. The first-order chi connectivity index (χ1) is 13.0. The van der Waals surface area contributed by atoms with Crippen LogP contribution < -0.4 is 10.1 Å². The van der Waals surface area contributed by atoms with E-state index < -0.39 is 17.9 Å². The molecule has 0 radical (unpaired) electrons. The number of hydrogen-bond acceptors (Lipinski definition) is 3. The zero-order chi connectivity index (χ0) is 19.2. The summed E-state index contributed by atoms with van der Waals surface area (Å²) in [6.45, 7) is -0.211. The van der Waals surface area contributed by atoms with Crippen molar-refractivity contribution < 1.29 is 19.4 Å². The van der Waals surface area contributed by atoms with Crippen LogP contribution in [0, 0.1) is 0 Å². The summed E-state index contributed by atoms with van der Waals surface area (Å²) in [5.41, 5.74) is 0.667. The van der Waals surface area contributed by atoms with E-state index in [1.165, 1.54) is 0 Å². The molecule has 1 unspecified atom stereocenters. The quantitative estimate of drug-likeness (QED) is 0.641. The average molecular weight is 384 g/mol. The Morgan fingerprint density at radius 3 is 2.44 bits per heavy atom. The SMILES string of the molecule is O=C(O)CC(NC(=O)COc1cccc2ccccc12)c1ccc(Cl)cc1. The maximum absolute atomic E-state index is 12.3. The highest BCUT2D eigenvalue weighted by atomic mass is 35.5. The molecule has 6 heteroatoms. The van der Waals surface area contributed by atoms with E-state index in [0.717, 1.165) is 10.8 Å². The molecule has 1 atom stereocenters. The van der Waals surface area contributed by atoms with Crippen molar-refractivity contribution in [3.8, 4) is 5.75 Å². The van der Waals surface area contributed by atoms with E-state index in [0.29, 0.717) is 16.3 Å². The Kier molecular flexibility index (Phi) is 5.94. The lowest BCUT2D eigenvalue weighted by atomic mass is 10.0. The van der Waals surface area contributed by atoms with Crippen LogP contribution >= 0.6 is 11.6 Å². The summed E-state index contributed by atoms with van der Waals surface area (Å²) in [5, 5.41) is 14.3. The van der Waals surface area contributed by atoms with Crippen LogP contribution in [0.25, 0.3) is 10.8 Å². The van der Waals surface area contributed by atoms with E-state index in [2.05, 4.69) is 5.32 Å². The Morgan fingerprint density at radius 1 is 1.00 bits per heavy atom. The fourth-order valence-electron chi connectivity index (χ4n) is 2.82. The maximum Gasteiger partial charge on any atom is 0.305 e. The number of fused-ring (bicyclic) bond motifs is 1. The number of carbonyl (C=O) groups is 2. The lowest BCUT2D eigenvalue weighted by molar-refractivity contribution is -0.137. The van der Waals surface area contributed by atoms with Crippen LogP contribution in [-0.2, 0) is 9.59 Å². The standard InChI is InChI=1S/C21H18ClNO4/c22-16-10-8-15(9-11-16)18(12-21(25)26)23-20(24)13-27-19-7-3-5-14-4-1-2-6-17(14)19/h1-11,18H,12-13H2,(H,23,24)(H,25,26). The summed E-state index contributed by atoms with van der Waals surface area (Å²) in [4.78, 5) is 23.5. The Hall–Kier alpha value is -3.05. The Labute approximate surface area is 161 Å². The first-order valence-corrected chi connectivity index (χ1v) is 8.78. The van der Waals surface area contributed by atoms with Crippen LogP contribution in [0.3, 0.4) is 0 Å². The van der Waals surface area contributed by atoms with Crippen molar-refractivity contribution in [1.82, 2.24) is 5.32 Å². The highest BCUT2D eigenvalue weighted by Gasteiger charge is 2.18. The van der Waals surface area contributed by atoms with Crippen molar-refractivity contribution in [2.45, 2.75) is 12.5 Å². The Bertz CT molecular complexity index is 951. The van der Waals surface area contributed by atoms with Crippen molar-refractivity contribution in [2.24, 2.45) is 0 Å². The summed E-state index contributed by atoms with van der Waals surface area (Å²) in [7, 11) is 0. The number of ether oxygens (including phenoxy) is 1. The molecule has 0 aliphatic carbocycles. The number of carboxylic acid groups (broad SMARTS) is 1. The predicted octanol–water partition coefficient (Wildman–Crippen LogP) is 4.20. The molecule has 0 saturated heterocycles. The first kappa shape index (κ1) is 18.7. The van der Waals surface area contributed by atoms with Crippen LogP contribution in [-0.4, -0.2) is 23.6 Å². The minimum Gasteiger partial charge on any atom is -0.483 e. The van der Waals surface area contributed by atoms with Gasteiger partial charge in [0.25, 0.3) is 5.91 Å². The second-order valence-electron chi connectivity index (χ2n) is 6.04. The molecule has 3 aromatic rings. The van der Waals surface area contributed by atoms with Gasteiger partial charge in [0.1, 0.15) is 5.75 Å². The molecule has 138 valence electrons. The minimum absolute atomic E-state index is 0.211. The lowest BCUT2D eigenvalue weighted by Crippen LogP contribution is -2.33. The number of benzene rings is 3. The number of nitrogens with one attached hydrogen (secondary N) is 1. The number of carboxylic acids is 1. The second kappa shape index (κ2) is 8.56. The first-order valence-electron chi connectivity index (χ1n) is 8.40. The van der Waals surface area contributed by atoms with Crippen LogP contribution in [0.15, 0.2) is 66.7 Å². The van der Waals surface area contributed by atoms with Gasteiger partial charge in [-0.05, 0) is 29.1 Å². The molecule has 0 fully saturated rings. The van der Waals surface area contributed by atoms with Gasteiger partial charge in [0, 0.05) is 10.4 Å². The topological polar surface area (TPSA) is 75.6 Å².